The van der Waals surface area contributed by atoms with E-state index in [2.05, 4.69) is 370 Å². The summed E-state index contributed by atoms with van der Waals surface area (Å²) < 4.78 is 0. The van der Waals surface area contributed by atoms with Crippen LogP contribution >= 0.6 is 0 Å². The molecule has 7 aliphatic rings. The molecule has 23 rings (SSSR count). The molecule has 0 fully saturated rings. The maximum Gasteiger partial charge on any atom is 0.115 e. The van der Waals surface area contributed by atoms with Crippen LogP contribution in [0, 0.1) is 0 Å². The van der Waals surface area contributed by atoms with Crippen LogP contribution in [0.5, 0.6) is 5.75 Å². The highest BCUT2D eigenvalue weighted by Crippen LogP contribution is 2.66. The Morgan fingerprint density at radius 2 is 0.373 bits per heavy atom. The normalized spacial score (nSPS) is 15.8. The second kappa shape index (κ2) is 36.6. The monoisotopic (exact) mass is 1860 g/mol. The van der Waals surface area contributed by atoms with Gasteiger partial charge in [-0.3, -0.25) is 0 Å². The number of fused-ring (bicyclic) bond motifs is 25. The average molecular weight is 1860 g/mol. The highest BCUT2D eigenvalue weighted by molar-refractivity contribution is 6.13. The minimum atomic E-state index is -0.285. The topological polar surface area (TPSA) is 20.2 Å². The Hall–Kier alpha value is -12.2. The van der Waals surface area contributed by atoms with Crippen molar-refractivity contribution in [3.63, 3.8) is 0 Å². The minimum absolute atomic E-state index is 0.0411. The Morgan fingerprint density at radius 3 is 0.690 bits per heavy atom. The van der Waals surface area contributed by atoms with Gasteiger partial charge in [-0.05, 0) is 367 Å². The van der Waals surface area contributed by atoms with E-state index in [9.17, 15) is 5.11 Å². The summed E-state index contributed by atoms with van der Waals surface area (Å²) in [5.41, 5.74) is 53.9. The quantitative estimate of drug-likeness (QED) is 0.0399. The lowest BCUT2D eigenvalue weighted by molar-refractivity contribution is 0.398. The van der Waals surface area contributed by atoms with Gasteiger partial charge in [0.15, 0.2) is 0 Å². The van der Waals surface area contributed by atoms with Gasteiger partial charge in [0.05, 0.1) is 0 Å². The van der Waals surface area contributed by atoms with E-state index in [0.717, 1.165) is 18.4 Å². The predicted molar refractivity (Wildman–Crippen MR) is 608 cm³/mol. The van der Waals surface area contributed by atoms with Crippen molar-refractivity contribution >= 4 is 21.5 Å². The first-order valence-electron chi connectivity index (χ1n) is 55.5. The van der Waals surface area contributed by atoms with Gasteiger partial charge in [0.1, 0.15) is 5.75 Å². The third-order valence-electron chi connectivity index (χ3n) is 36.8. The van der Waals surface area contributed by atoms with Crippen LogP contribution < -0.4 is 0 Å². The summed E-state index contributed by atoms with van der Waals surface area (Å²) in [6.07, 6.45) is 35.8. The summed E-state index contributed by atoms with van der Waals surface area (Å²) in [4.78, 5) is 0. The molecule has 0 aromatic heterocycles. The Balaban J connectivity index is 0.543. The summed E-state index contributed by atoms with van der Waals surface area (Å²) >= 11 is 0. The number of unbranched alkanes of at least 4 members (excludes halogenated alkanes) is 20. The third kappa shape index (κ3) is 15.2. The maximum atomic E-state index is 10.4. The Bertz CT molecular complexity index is 7480. The number of hydrogen-bond donors (Lipinski definition) is 1. The summed E-state index contributed by atoms with van der Waals surface area (Å²) in [5.74, 6) is 0.309. The van der Waals surface area contributed by atoms with Gasteiger partial charge in [-0.15, -0.1) is 0 Å². The lowest BCUT2D eigenvalue weighted by atomic mass is 9.70. The van der Waals surface area contributed by atoms with Crippen molar-refractivity contribution in [2.75, 3.05) is 0 Å². The SMILES string of the molecule is CCCCCCCCC1(CCCCCCCC)c2cc(-c3ccccc3)ccc2-c2ccc(-c3ccc4c(c3)C(C)(C)c3cc(-c5cc6c(c7ccccc57)-c5cc7c(cc5C6(C)C)-c5cc6c(cc5C7(C)C)-c5c(cc(-c7ccc8c(c7)C(C)(C)c7cc(-c9ccc%10c(c9)C(CCCCCCCC)(CCCCCCCC)c9cc(-c%11ccc(O)cc%11)ccc9-%10)ccc7-8)c7ccccc57)C6(C)C)ccc3-4)cc21. The van der Waals surface area contributed by atoms with Crippen molar-refractivity contribution < 1.29 is 5.11 Å². The fraction of sp³-hybridized carbons (Fsp3) is 0.348. The molecule has 16 aromatic rings. The molecule has 1 nitrogen and oxygen atoms in total. The molecule has 0 saturated heterocycles. The molecule has 1 heteroatoms. The van der Waals surface area contributed by atoms with Crippen molar-refractivity contribution in [2.24, 2.45) is 0 Å². The van der Waals surface area contributed by atoms with Gasteiger partial charge in [-0.1, -0.05) is 439 Å². The van der Waals surface area contributed by atoms with Crippen molar-refractivity contribution in [1.82, 2.24) is 0 Å². The van der Waals surface area contributed by atoms with Crippen molar-refractivity contribution in [1.29, 1.82) is 0 Å². The van der Waals surface area contributed by atoms with Crippen LogP contribution in [-0.4, -0.2) is 5.11 Å². The molecule has 16 aromatic carbocycles. The first-order chi connectivity index (χ1) is 68.9. The molecule has 0 atom stereocenters. The lowest BCUT2D eigenvalue weighted by Crippen LogP contribution is -2.25. The molecule has 0 bridgehead atoms. The Kier molecular flexibility index (Phi) is 24.1. The van der Waals surface area contributed by atoms with Crippen LogP contribution in [0.3, 0.4) is 0 Å². The first kappa shape index (κ1) is 93.5. The molecule has 1 N–H and O–H groups in total. The molecule has 0 aliphatic heterocycles. The summed E-state index contributed by atoms with van der Waals surface area (Å²) in [6, 6.07) is 114. The maximum absolute atomic E-state index is 10.4. The fourth-order valence-electron chi connectivity index (χ4n) is 28.7. The summed E-state index contributed by atoms with van der Waals surface area (Å²) in [7, 11) is 0. The largest absolute Gasteiger partial charge is 0.508 e. The molecule has 0 spiro atoms. The van der Waals surface area contributed by atoms with E-state index in [1.807, 2.05) is 12.1 Å². The summed E-state index contributed by atoms with van der Waals surface area (Å²) in [5, 5.41) is 15.7. The zero-order valence-corrected chi connectivity index (χ0v) is 87.4. The number of phenolic OH excluding ortho intramolecular Hbond substituents is 1. The van der Waals surface area contributed by atoms with E-state index < -0.39 is 0 Å². The smallest absolute Gasteiger partial charge is 0.115 e. The molecule has 7 aliphatic carbocycles. The molecule has 716 valence electrons. The molecule has 0 saturated carbocycles. The standard InChI is InChI=1S/C141H146O/c1-15-19-23-27-31-42-72-140(73-43-32-28-24-20-16-2)127-78-92(90-46-36-35-37-47-90)54-66-107(127)109-68-58-96(80-129(109)140)94-56-64-103-105-70-60-98(82-121(105)135(5,6)119(103)76-94)113-84-131-133(111-50-40-38-48-101(111)113)117-88-123-115(86-125(117)138(131,11)12)116-87-126-118(89-124(116)137(123,9)10)134-112-51-41-39-49-102(112)114(85-132(134)139(126,13)14)99-61-71-106-104-65-57-95(77-120(104)136(7,8)122(106)83-99)97-59-69-110-108-67-55-93(91-52-62-100(142)63-53-91)79-128(108)141(130(110)81-97,74-44-33-29-25-21-17-3)75-45-34-30-26-22-18-4/h35-41,46-71,76-89,142H,15-34,42-45,72-75H2,1-14H3. The molecule has 0 amide bonds. The van der Waals surface area contributed by atoms with E-state index in [4.69, 9.17) is 0 Å². The molecular formula is C141H146O. The predicted octanol–water partition coefficient (Wildman–Crippen LogP) is 40.8. The van der Waals surface area contributed by atoms with Crippen molar-refractivity contribution in [2.45, 2.75) is 315 Å². The minimum Gasteiger partial charge on any atom is -0.508 e. The van der Waals surface area contributed by atoms with Gasteiger partial charge in [-0.2, -0.15) is 0 Å². The molecular weight excluding hydrogens is 1710 g/mol. The van der Waals surface area contributed by atoms with E-state index in [1.165, 1.54) is 394 Å². The van der Waals surface area contributed by atoms with Crippen LogP contribution in [0.25, 0.3) is 166 Å². The number of benzene rings is 16. The van der Waals surface area contributed by atoms with E-state index in [1.54, 1.807) is 11.1 Å². The fourth-order valence-corrected chi connectivity index (χ4v) is 28.7. The summed E-state index contributed by atoms with van der Waals surface area (Å²) in [6.45, 7) is 34.4. The zero-order chi connectivity index (χ0) is 97.5. The second-order valence-electron chi connectivity index (χ2n) is 47.0. The average Bonchev–Trinajstić information content (AvgIpc) is 1.52. The van der Waals surface area contributed by atoms with Gasteiger partial charge in [0.2, 0.25) is 0 Å². The van der Waals surface area contributed by atoms with Gasteiger partial charge in [0.25, 0.3) is 0 Å². The molecule has 142 heavy (non-hydrogen) atoms. The van der Waals surface area contributed by atoms with Gasteiger partial charge in [-0.25, -0.2) is 0 Å². The number of aromatic hydroxyl groups is 1. The van der Waals surface area contributed by atoms with Crippen LogP contribution in [0.4, 0.5) is 0 Å². The van der Waals surface area contributed by atoms with Crippen molar-refractivity contribution in [3.05, 3.63) is 363 Å². The Morgan fingerprint density at radius 1 is 0.162 bits per heavy atom. The van der Waals surface area contributed by atoms with Gasteiger partial charge in [0, 0.05) is 37.9 Å². The lowest BCUT2D eigenvalue weighted by Gasteiger charge is -2.33. The van der Waals surface area contributed by atoms with Crippen LogP contribution in [0.2, 0.25) is 0 Å². The van der Waals surface area contributed by atoms with E-state index in [0.29, 0.717) is 5.75 Å². The first-order valence-corrected chi connectivity index (χ1v) is 55.5. The molecule has 0 radical (unpaired) electrons. The zero-order valence-electron chi connectivity index (χ0n) is 87.4. The van der Waals surface area contributed by atoms with Gasteiger partial charge < -0.3 is 5.11 Å². The molecule has 0 heterocycles. The van der Waals surface area contributed by atoms with Crippen LogP contribution in [-0.2, 0) is 37.9 Å². The van der Waals surface area contributed by atoms with Crippen molar-refractivity contribution in [3.8, 4) is 150 Å². The second-order valence-corrected chi connectivity index (χ2v) is 47.0. The van der Waals surface area contributed by atoms with Crippen LogP contribution in [0.1, 0.15) is 355 Å². The van der Waals surface area contributed by atoms with Gasteiger partial charge >= 0.3 is 0 Å². The van der Waals surface area contributed by atoms with E-state index >= 15 is 0 Å². The highest BCUT2D eigenvalue weighted by atomic mass is 16.3. The van der Waals surface area contributed by atoms with Crippen LogP contribution in [0.15, 0.2) is 285 Å². The molecule has 0 unspecified atom stereocenters. The number of rotatable bonds is 34. The van der Waals surface area contributed by atoms with E-state index in [-0.39, 0.29) is 37.9 Å². The number of hydrogen-bond acceptors (Lipinski definition) is 1. The Labute approximate surface area is 848 Å². The third-order valence-corrected chi connectivity index (χ3v) is 36.8. The highest BCUT2D eigenvalue weighted by Gasteiger charge is 2.50. The number of phenols is 1.